The molecule has 37 heavy (non-hydrogen) atoms. The molecule has 2 aromatic carbocycles. The van der Waals surface area contributed by atoms with E-state index >= 15 is 0 Å². The molecule has 0 radical (unpaired) electrons. The fourth-order valence-corrected chi connectivity index (χ4v) is 5.03. The van der Waals surface area contributed by atoms with Gasteiger partial charge in [-0.15, -0.1) is 0 Å². The number of aromatic nitrogens is 1. The van der Waals surface area contributed by atoms with Crippen molar-refractivity contribution in [3.8, 4) is 5.75 Å². The van der Waals surface area contributed by atoms with Gasteiger partial charge in [-0.3, -0.25) is 4.79 Å². The molecule has 0 aliphatic carbocycles. The number of anilines is 1. The smallest absolute Gasteiger partial charge is 0.416 e. The van der Waals surface area contributed by atoms with Crippen LogP contribution < -0.4 is 10.5 Å². The van der Waals surface area contributed by atoms with Crippen LogP contribution in [-0.4, -0.2) is 37.8 Å². The number of carbonyl (C=O) groups excluding carboxylic acids is 1. The Morgan fingerprint density at radius 1 is 1.16 bits per heavy atom. The Morgan fingerprint density at radius 2 is 1.86 bits per heavy atom. The van der Waals surface area contributed by atoms with Crippen molar-refractivity contribution in [1.29, 1.82) is 0 Å². The van der Waals surface area contributed by atoms with Gasteiger partial charge < -0.3 is 19.8 Å². The Hall–Kier alpha value is -3.11. The molecule has 0 fully saturated rings. The van der Waals surface area contributed by atoms with E-state index in [2.05, 4.69) is 38.8 Å². The van der Waals surface area contributed by atoms with Crippen LogP contribution in [0, 0.1) is 0 Å². The number of rotatable bonds is 5. The summed E-state index contributed by atoms with van der Waals surface area (Å²) in [5, 5.41) is 0.802. The maximum Gasteiger partial charge on any atom is 0.416 e. The van der Waals surface area contributed by atoms with Crippen molar-refractivity contribution in [3.63, 3.8) is 0 Å². The second kappa shape index (κ2) is 9.32. The van der Waals surface area contributed by atoms with Gasteiger partial charge in [0.05, 0.1) is 23.7 Å². The molecule has 0 spiro atoms. The lowest BCUT2D eigenvalue weighted by atomic mass is 10.0. The maximum atomic E-state index is 13.5. The normalized spacial score (nSPS) is 16.0. The average Bonchev–Trinajstić information content (AvgIpc) is 3.23. The second-order valence-electron chi connectivity index (χ2n) is 11.0. The number of benzene rings is 2. The van der Waals surface area contributed by atoms with E-state index in [1.54, 1.807) is 31.3 Å². The maximum absolute atomic E-state index is 13.5. The highest BCUT2D eigenvalue weighted by Gasteiger charge is 2.38. The highest BCUT2D eigenvalue weighted by atomic mass is 28.4. The molecule has 10 heteroatoms. The monoisotopic (exact) mass is 531 g/mol. The predicted molar refractivity (Wildman–Crippen MR) is 140 cm³/mol. The van der Waals surface area contributed by atoms with Crippen molar-refractivity contribution < 1.29 is 27.1 Å². The third-order valence-corrected chi connectivity index (χ3v) is 11.9. The van der Waals surface area contributed by atoms with Gasteiger partial charge in [0.1, 0.15) is 18.2 Å². The van der Waals surface area contributed by atoms with Crippen molar-refractivity contribution in [2.45, 2.75) is 57.7 Å². The van der Waals surface area contributed by atoms with Gasteiger partial charge in [0, 0.05) is 23.6 Å². The number of nitrogens with zero attached hydrogens (tertiary/aromatic N) is 2. The first kappa shape index (κ1) is 26.9. The van der Waals surface area contributed by atoms with E-state index in [9.17, 15) is 18.0 Å². The van der Waals surface area contributed by atoms with E-state index < -0.39 is 26.1 Å². The summed E-state index contributed by atoms with van der Waals surface area (Å²) >= 11 is 0. The van der Waals surface area contributed by atoms with Crippen LogP contribution in [0.3, 0.4) is 0 Å². The van der Waals surface area contributed by atoms with Crippen LogP contribution in [0.4, 0.5) is 19.0 Å². The molecule has 4 rings (SSSR count). The minimum atomic E-state index is -4.47. The van der Waals surface area contributed by atoms with Crippen molar-refractivity contribution >= 4 is 30.9 Å². The van der Waals surface area contributed by atoms with E-state index in [1.165, 1.54) is 11.0 Å². The van der Waals surface area contributed by atoms with Crippen LogP contribution in [0.15, 0.2) is 42.5 Å². The number of amides is 1. The molecule has 0 bridgehead atoms. The SMILES string of the molecule is CN(C(=O)c1ccc2nc(N)cc(CO[Si](C)(C)C(C)(C)C)c2c1)C1COc2cc(C(F)(F)F)ccc21. The number of nitrogens with two attached hydrogens (primary N) is 1. The molecule has 1 aliphatic heterocycles. The topological polar surface area (TPSA) is 77.7 Å². The number of ether oxygens (including phenoxy) is 1. The third kappa shape index (κ3) is 5.31. The molecule has 6 nitrogen and oxygen atoms in total. The van der Waals surface area contributed by atoms with Crippen molar-refractivity contribution in [2.75, 3.05) is 19.4 Å². The van der Waals surface area contributed by atoms with E-state index in [0.29, 0.717) is 29.1 Å². The molecule has 1 unspecified atom stereocenters. The lowest BCUT2D eigenvalue weighted by molar-refractivity contribution is -0.137. The molecule has 3 aromatic rings. The van der Waals surface area contributed by atoms with Crippen LogP contribution in [0.5, 0.6) is 5.75 Å². The summed E-state index contributed by atoms with van der Waals surface area (Å²) in [6.45, 7) is 11.3. The molecule has 1 aromatic heterocycles. The number of pyridine rings is 1. The summed E-state index contributed by atoms with van der Waals surface area (Å²) < 4.78 is 51.2. The van der Waals surface area contributed by atoms with Gasteiger partial charge in [-0.05, 0) is 60.1 Å². The third-order valence-electron chi connectivity index (χ3n) is 7.44. The lowest BCUT2D eigenvalue weighted by Gasteiger charge is -2.36. The van der Waals surface area contributed by atoms with Gasteiger partial charge in [0.15, 0.2) is 8.32 Å². The first-order chi connectivity index (χ1) is 17.1. The van der Waals surface area contributed by atoms with Gasteiger partial charge >= 0.3 is 6.18 Å². The van der Waals surface area contributed by atoms with Crippen molar-refractivity contribution in [3.05, 3.63) is 64.7 Å². The summed E-state index contributed by atoms with van der Waals surface area (Å²) in [6.07, 6.45) is -4.47. The second-order valence-corrected chi connectivity index (χ2v) is 15.8. The van der Waals surface area contributed by atoms with Crippen LogP contribution in [0.25, 0.3) is 10.9 Å². The van der Waals surface area contributed by atoms with Gasteiger partial charge in [-0.1, -0.05) is 26.8 Å². The fourth-order valence-electron chi connectivity index (χ4n) is 4.08. The Morgan fingerprint density at radius 3 is 2.51 bits per heavy atom. The number of hydrogen-bond donors (Lipinski definition) is 1. The molecule has 1 aliphatic rings. The number of hydrogen-bond acceptors (Lipinski definition) is 5. The molecule has 1 amide bonds. The van der Waals surface area contributed by atoms with Crippen LogP contribution in [0.1, 0.15) is 53.9 Å². The summed E-state index contributed by atoms with van der Waals surface area (Å²) in [7, 11) is -0.413. The zero-order chi connectivity index (χ0) is 27.3. The zero-order valence-corrected chi connectivity index (χ0v) is 22.9. The Labute approximate surface area is 215 Å². The number of likely N-dealkylation sites (N-methyl/N-ethyl adjacent to an activating group) is 1. The molecule has 198 valence electrons. The standard InChI is InChI=1S/C27H32F3N3O3Si/c1-26(2,3)37(5,6)36-14-17-12-24(31)32-21-10-7-16(11-20(17)21)25(34)33(4)22-15-35-23-13-18(27(28,29)30)8-9-19(22)23/h7-13,22H,14-15H2,1-6H3,(H2,31,32). The van der Waals surface area contributed by atoms with Crippen LogP contribution in [0.2, 0.25) is 18.1 Å². The Kier molecular flexibility index (Phi) is 6.79. The van der Waals surface area contributed by atoms with E-state index in [4.69, 9.17) is 14.9 Å². The minimum Gasteiger partial charge on any atom is -0.491 e. The molecule has 1 atom stereocenters. The summed E-state index contributed by atoms with van der Waals surface area (Å²) in [5.74, 6) is 0.231. The van der Waals surface area contributed by atoms with Gasteiger partial charge in [-0.25, -0.2) is 4.98 Å². The number of halogens is 3. The number of nitrogen functional groups attached to an aromatic ring is 1. The lowest BCUT2D eigenvalue weighted by Crippen LogP contribution is -2.40. The van der Waals surface area contributed by atoms with E-state index in [-0.39, 0.29) is 23.3 Å². The first-order valence-corrected chi connectivity index (χ1v) is 14.9. The van der Waals surface area contributed by atoms with E-state index in [1.807, 2.05) is 0 Å². The van der Waals surface area contributed by atoms with E-state index in [0.717, 1.165) is 23.1 Å². The van der Waals surface area contributed by atoms with Crippen LogP contribution in [-0.2, 0) is 17.2 Å². The number of alkyl halides is 3. The van der Waals surface area contributed by atoms with Gasteiger partial charge in [0.2, 0.25) is 0 Å². The molecule has 2 N–H and O–H groups in total. The minimum absolute atomic E-state index is 0.0335. The number of fused-ring (bicyclic) bond motifs is 2. The Bertz CT molecular complexity index is 1350. The highest BCUT2D eigenvalue weighted by Crippen LogP contribution is 2.41. The molecule has 2 heterocycles. The molecular weight excluding hydrogens is 499 g/mol. The fraction of sp³-hybridized carbons (Fsp3) is 0.407. The van der Waals surface area contributed by atoms with Crippen molar-refractivity contribution in [1.82, 2.24) is 9.88 Å². The summed E-state index contributed by atoms with van der Waals surface area (Å²) in [5.41, 5.74) is 7.74. The molecule has 0 saturated heterocycles. The molecular formula is C27H32F3N3O3Si. The molecule has 0 saturated carbocycles. The average molecular weight is 532 g/mol. The zero-order valence-electron chi connectivity index (χ0n) is 21.9. The van der Waals surface area contributed by atoms with Gasteiger partial charge in [-0.2, -0.15) is 13.2 Å². The summed E-state index contributed by atoms with van der Waals surface area (Å²) in [4.78, 5) is 19.4. The van der Waals surface area contributed by atoms with Crippen LogP contribution >= 0.6 is 0 Å². The van der Waals surface area contributed by atoms with Crippen molar-refractivity contribution in [2.24, 2.45) is 0 Å². The number of carbonyl (C=O) groups is 1. The summed E-state index contributed by atoms with van der Waals surface area (Å²) in [6, 6.07) is 9.83. The largest absolute Gasteiger partial charge is 0.491 e. The quantitative estimate of drug-likeness (QED) is 0.377. The predicted octanol–water partition coefficient (Wildman–Crippen LogP) is 6.56. The van der Waals surface area contributed by atoms with Gasteiger partial charge in [0.25, 0.3) is 5.91 Å². The first-order valence-electron chi connectivity index (χ1n) is 12.0. The Balaban J connectivity index is 1.62. The highest BCUT2D eigenvalue weighted by molar-refractivity contribution is 6.74.